The van der Waals surface area contributed by atoms with Crippen LogP contribution in [0.4, 0.5) is 0 Å². The van der Waals surface area contributed by atoms with Crippen LogP contribution in [0.3, 0.4) is 0 Å². The molecule has 7 heteroatoms. The molecule has 1 unspecified atom stereocenters. The van der Waals surface area contributed by atoms with Gasteiger partial charge in [0.15, 0.2) is 5.96 Å². The summed E-state index contributed by atoms with van der Waals surface area (Å²) in [5.41, 5.74) is 1.37. The first-order chi connectivity index (χ1) is 13.3. The van der Waals surface area contributed by atoms with E-state index in [1.807, 2.05) is 19.2 Å². The third kappa shape index (κ3) is 7.63. The van der Waals surface area contributed by atoms with E-state index in [1.54, 1.807) is 12.4 Å². The van der Waals surface area contributed by atoms with Gasteiger partial charge in [0.1, 0.15) is 12.4 Å². The van der Waals surface area contributed by atoms with Gasteiger partial charge in [-0.25, -0.2) is 0 Å². The molecule has 3 rings (SSSR count). The topological polar surface area (TPSA) is 61.8 Å². The number of nitrogens with one attached hydrogen (secondary N) is 2. The number of nitrogens with zero attached hydrogens (tertiary/aromatic N) is 3. The van der Waals surface area contributed by atoms with Crippen LogP contribution in [0.25, 0.3) is 0 Å². The van der Waals surface area contributed by atoms with Crippen molar-refractivity contribution in [2.75, 3.05) is 33.3 Å². The lowest BCUT2D eigenvalue weighted by Crippen LogP contribution is -2.51. The quantitative estimate of drug-likeness (QED) is 0.268. The molecule has 28 heavy (non-hydrogen) atoms. The number of piperidine rings is 1. The molecule has 1 aromatic carbocycles. The summed E-state index contributed by atoms with van der Waals surface area (Å²) in [7, 11) is 1.81. The van der Waals surface area contributed by atoms with Crippen LogP contribution in [0.1, 0.15) is 18.4 Å². The molecule has 1 atom stereocenters. The minimum atomic E-state index is 0. The second-order valence-electron chi connectivity index (χ2n) is 6.74. The van der Waals surface area contributed by atoms with Gasteiger partial charge in [-0.3, -0.25) is 14.9 Å². The van der Waals surface area contributed by atoms with Crippen molar-refractivity contribution in [3.63, 3.8) is 0 Å². The highest BCUT2D eigenvalue weighted by Gasteiger charge is 2.20. The monoisotopic (exact) mass is 495 g/mol. The maximum atomic E-state index is 5.66. The van der Waals surface area contributed by atoms with Crippen LogP contribution >= 0.6 is 24.0 Å². The highest BCUT2D eigenvalue weighted by atomic mass is 127. The lowest BCUT2D eigenvalue weighted by Gasteiger charge is -2.34. The summed E-state index contributed by atoms with van der Waals surface area (Å²) in [6.45, 7) is 4.44. The summed E-state index contributed by atoms with van der Waals surface area (Å²) in [5.74, 6) is 1.61. The van der Waals surface area contributed by atoms with E-state index < -0.39 is 0 Å². The number of hydrogen-bond acceptors (Lipinski definition) is 4. The van der Waals surface area contributed by atoms with Crippen LogP contribution in [0.2, 0.25) is 0 Å². The minimum Gasteiger partial charge on any atom is -0.490 e. The average molecular weight is 495 g/mol. The van der Waals surface area contributed by atoms with Gasteiger partial charge in [0.05, 0.1) is 12.7 Å². The SMILES string of the molecule is CN=C(NCCOc1cccnc1)NC1CCCN(Cc2ccccc2)C1.I. The number of halogens is 1. The smallest absolute Gasteiger partial charge is 0.191 e. The predicted octanol–water partition coefficient (Wildman–Crippen LogP) is 2.91. The number of rotatable bonds is 7. The molecule has 0 aliphatic carbocycles. The van der Waals surface area contributed by atoms with Crippen LogP contribution in [0.5, 0.6) is 5.75 Å². The Hall–Kier alpha value is -1.87. The number of benzene rings is 1. The van der Waals surface area contributed by atoms with Gasteiger partial charge in [0.2, 0.25) is 0 Å². The van der Waals surface area contributed by atoms with E-state index in [0.717, 1.165) is 37.8 Å². The van der Waals surface area contributed by atoms with Crippen molar-refractivity contribution >= 4 is 29.9 Å². The summed E-state index contributed by atoms with van der Waals surface area (Å²) >= 11 is 0. The molecule has 0 spiro atoms. The Bertz CT molecular complexity index is 698. The zero-order valence-electron chi connectivity index (χ0n) is 16.4. The number of likely N-dealkylation sites (tertiary alicyclic amines) is 1. The Morgan fingerprint density at radius 1 is 1.25 bits per heavy atom. The first-order valence-electron chi connectivity index (χ1n) is 9.60. The second-order valence-corrected chi connectivity index (χ2v) is 6.74. The number of guanidine groups is 1. The third-order valence-electron chi connectivity index (χ3n) is 4.62. The first-order valence-corrected chi connectivity index (χ1v) is 9.60. The molecule has 152 valence electrons. The average Bonchev–Trinajstić information content (AvgIpc) is 2.72. The molecular formula is C21H30IN5O. The number of pyridine rings is 1. The van der Waals surface area contributed by atoms with E-state index >= 15 is 0 Å². The van der Waals surface area contributed by atoms with Crippen LogP contribution < -0.4 is 15.4 Å². The second kappa shape index (κ2) is 12.6. The van der Waals surface area contributed by atoms with E-state index in [1.165, 1.54) is 12.0 Å². The molecule has 0 amide bonds. The molecule has 1 aliphatic rings. The van der Waals surface area contributed by atoms with Crippen molar-refractivity contribution < 1.29 is 4.74 Å². The fourth-order valence-electron chi connectivity index (χ4n) is 3.32. The molecular weight excluding hydrogens is 465 g/mol. The fourth-order valence-corrected chi connectivity index (χ4v) is 3.32. The molecule has 1 saturated heterocycles. The zero-order chi connectivity index (χ0) is 18.7. The van der Waals surface area contributed by atoms with Gasteiger partial charge in [0.25, 0.3) is 0 Å². The molecule has 2 aromatic rings. The summed E-state index contributed by atoms with van der Waals surface area (Å²) in [6, 6.07) is 14.9. The van der Waals surface area contributed by atoms with Crippen LogP contribution in [0, 0.1) is 0 Å². The normalized spacial score (nSPS) is 17.5. The molecule has 1 fully saturated rings. The maximum Gasteiger partial charge on any atom is 0.191 e. The van der Waals surface area contributed by atoms with E-state index in [2.05, 4.69) is 55.8 Å². The molecule has 6 nitrogen and oxygen atoms in total. The number of aromatic nitrogens is 1. The molecule has 1 aromatic heterocycles. The van der Waals surface area contributed by atoms with E-state index in [-0.39, 0.29) is 24.0 Å². The van der Waals surface area contributed by atoms with Crippen molar-refractivity contribution in [1.29, 1.82) is 0 Å². The number of aliphatic imine (C=N–C) groups is 1. The molecule has 2 heterocycles. The van der Waals surface area contributed by atoms with Crippen molar-refractivity contribution in [2.45, 2.75) is 25.4 Å². The Kier molecular flexibility index (Phi) is 10.1. The number of ether oxygens (including phenoxy) is 1. The van der Waals surface area contributed by atoms with Gasteiger partial charge in [-0.05, 0) is 37.1 Å². The maximum absolute atomic E-state index is 5.66. The van der Waals surface area contributed by atoms with Gasteiger partial charge in [0, 0.05) is 32.4 Å². The Morgan fingerprint density at radius 2 is 2.11 bits per heavy atom. The van der Waals surface area contributed by atoms with E-state index in [4.69, 9.17) is 4.74 Å². The summed E-state index contributed by atoms with van der Waals surface area (Å²) in [5, 5.41) is 6.88. The molecule has 2 N–H and O–H groups in total. The lowest BCUT2D eigenvalue weighted by atomic mass is 10.0. The highest BCUT2D eigenvalue weighted by molar-refractivity contribution is 14.0. The lowest BCUT2D eigenvalue weighted by molar-refractivity contribution is 0.192. The summed E-state index contributed by atoms with van der Waals surface area (Å²) in [6.07, 6.45) is 5.82. The zero-order valence-corrected chi connectivity index (χ0v) is 18.7. The molecule has 0 bridgehead atoms. The predicted molar refractivity (Wildman–Crippen MR) is 124 cm³/mol. The van der Waals surface area contributed by atoms with Gasteiger partial charge in [-0.1, -0.05) is 30.3 Å². The van der Waals surface area contributed by atoms with Gasteiger partial charge in [-0.2, -0.15) is 0 Å². The van der Waals surface area contributed by atoms with Crippen molar-refractivity contribution in [2.24, 2.45) is 4.99 Å². The van der Waals surface area contributed by atoms with Crippen molar-refractivity contribution in [1.82, 2.24) is 20.5 Å². The van der Waals surface area contributed by atoms with Crippen LogP contribution in [-0.2, 0) is 6.54 Å². The van der Waals surface area contributed by atoms with Gasteiger partial charge >= 0.3 is 0 Å². The molecule has 1 aliphatic heterocycles. The largest absolute Gasteiger partial charge is 0.490 e. The third-order valence-corrected chi connectivity index (χ3v) is 4.62. The first kappa shape index (κ1) is 22.4. The van der Waals surface area contributed by atoms with Gasteiger partial charge in [-0.15, -0.1) is 24.0 Å². The van der Waals surface area contributed by atoms with Gasteiger partial charge < -0.3 is 15.4 Å². The minimum absolute atomic E-state index is 0. The van der Waals surface area contributed by atoms with Crippen LogP contribution in [-0.4, -0.2) is 55.2 Å². The Balaban J connectivity index is 0.00000280. The summed E-state index contributed by atoms with van der Waals surface area (Å²) < 4.78 is 5.66. The molecule has 0 radical (unpaired) electrons. The fraction of sp³-hybridized carbons (Fsp3) is 0.429. The summed E-state index contributed by atoms with van der Waals surface area (Å²) in [4.78, 5) is 10.9. The van der Waals surface area contributed by atoms with Crippen LogP contribution in [0.15, 0.2) is 59.9 Å². The van der Waals surface area contributed by atoms with Crippen molar-refractivity contribution in [3.8, 4) is 5.75 Å². The highest BCUT2D eigenvalue weighted by Crippen LogP contribution is 2.13. The van der Waals surface area contributed by atoms with E-state index in [0.29, 0.717) is 19.2 Å². The Morgan fingerprint density at radius 3 is 2.86 bits per heavy atom. The number of hydrogen-bond donors (Lipinski definition) is 2. The standard InChI is InChI=1S/C21H29N5O.HI/c1-22-21(24-12-14-27-20-10-5-11-23-15-20)25-19-9-6-13-26(17-19)16-18-7-3-2-4-8-18;/h2-5,7-8,10-11,15,19H,6,9,12-14,16-17H2,1H3,(H2,22,24,25);1H. The Labute approximate surface area is 184 Å². The van der Waals surface area contributed by atoms with Crippen molar-refractivity contribution in [3.05, 3.63) is 60.4 Å². The molecule has 0 saturated carbocycles. The van der Waals surface area contributed by atoms with E-state index in [9.17, 15) is 0 Å².